The molecule has 0 aromatic heterocycles. The van der Waals surface area contributed by atoms with Crippen molar-refractivity contribution in [2.75, 3.05) is 19.7 Å². The molecule has 0 radical (unpaired) electrons. The number of unbranched alkanes of at least 4 members (excludes halogenated alkanes) is 1. The summed E-state index contributed by atoms with van der Waals surface area (Å²) in [5.74, 6) is -0.889. The summed E-state index contributed by atoms with van der Waals surface area (Å²) in [5, 5.41) is 0. The van der Waals surface area contributed by atoms with Crippen LogP contribution in [0.15, 0.2) is 12.7 Å². The lowest BCUT2D eigenvalue weighted by Crippen LogP contribution is -2.36. The van der Waals surface area contributed by atoms with Gasteiger partial charge >= 0.3 is 5.97 Å². The summed E-state index contributed by atoms with van der Waals surface area (Å²) in [5.41, 5.74) is 0. The number of Topliss-reactive ketones (excluding diaryl/α,β-unsaturated/α-hetero) is 1. The van der Waals surface area contributed by atoms with Crippen LogP contribution >= 0.6 is 0 Å². The van der Waals surface area contributed by atoms with Crippen LogP contribution in [0.4, 0.5) is 0 Å². The zero-order valence-electron chi connectivity index (χ0n) is 11.1. The first-order chi connectivity index (χ1) is 8.51. The maximum Gasteiger partial charge on any atom is 0.330 e. The van der Waals surface area contributed by atoms with E-state index >= 15 is 0 Å². The van der Waals surface area contributed by atoms with Gasteiger partial charge in [0.1, 0.15) is 12.4 Å². The molecule has 0 spiro atoms. The molecule has 0 bridgehead atoms. The maximum absolute atomic E-state index is 11.7. The molecule has 0 rings (SSSR count). The van der Waals surface area contributed by atoms with Gasteiger partial charge in [-0.15, -0.1) is 0 Å². The van der Waals surface area contributed by atoms with Gasteiger partial charge < -0.3 is 9.64 Å². The molecule has 0 aliphatic heterocycles. The highest BCUT2D eigenvalue weighted by atomic mass is 16.5. The average molecular weight is 255 g/mol. The van der Waals surface area contributed by atoms with E-state index in [1.807, 2.05) is 6.92 Å². The highest BCUT2D eigenvalue weighted by molar-refractivity contribution is 5.96. The molecule has 0 unspecified atom stereocenters. The van der Waals surface area contributed by atoms with Crippen molar-refractivity contribution >= 4 is 17.7 Å². The fourth-order valence-electron chi connectivity index (χ4n) is 1.35. The lowest BCUT2D eigenvalue weighted by Gasteiger charge is -2.21. The van der Waals surface area contributed by atoms with Crippen molar-refractivity contribution < 1.29 is 19.1 Å². The number of rotatable bonds is 9. The number of amides is 1. The van der Waals surface area contributed by atoms with Gasteiger partial charge in [-0.3, -0.25) is 9.59 Å². The van der Waals surface area contributed by atoms with Crippen LogP contribution in [0, 0.1) is 0 Å². The quantitative estimate of drug-likeness (QED) is 0.354. The lowest BCUT2D eigenvalue weighted by molar-refractivity contribution is -0.142. The smallest absolute Gasteiger partial charge is 0.330 e. The van der Waals surface area contributed by atoms with E-state index in [4.69, 9.17) is 4.74 Å². The van der Waals surface area contributed by atoms with Crippen LogP contribution in [0.1, 0.15) is 33.1 Å². The van der Waals surface area contributed by atoms with Gasteiger partial charge in [-0.2, -0.15) is 0 Å². The molecule has 18 heavy (non-hydrogen) atoms. The summed E-state index contributed by atoms with van der Waals surface area (Å²) in [6.45, 7) is 7.70. The number of hydrogen-bond acceptors (Lipinski definition) is 4. The topological polar surface area (TPSA) is 63.7 Å². The highest BCUT2D eigenvalue weighted by Crippen LogP contribution is 2.00. The van der Waals surface area contributed by atoms with E-state index in [0.717, 1.165) is 18.9 Å². The van der Waals surface area contributed by atoms with E-state index in [2.05, 4.69) is 6.58 Å². The number of ketones is 1. The summed E-state index contributed by atoms with van der Waals surface area (Å²) < 4.78 is 4.82. The predicted octanol–water partition coefficient (Wildman–Crippen LogP) is 1.32. The molecule has 0 aliphatic carbocycles. The van der Waals surface area contributed by atoms with Crippen molar-refractivity contribution in [1.82, 2.24) is 4.90 Å². The zero-order valence-corrected chi connectivity index (χ0v) is 11.1. The van der Waals surface area contributed by atoms with Crippen LogP contribution in [0.25, 0.3) is 0 Å². The zero-order chi connectivity index (χ0) is 14.0. The second-order valence-corrected chi connectivity index (χ2v) is 3.98. The molecule has 0 aromatic carbocycles. The first-order valence-electron chi connectivity index (χ1n) is 6.07. The highest BCUT2D eigenvalue weighted by Gasteiger charge is 2.15. The molecule has 102 valence electrons. The molecular formula is C13H21NO4. The third-order valence-electron chi connectivity index (χ3n) is 2.31. The molecule has 0 saturated heterocycles. The summed E-state index contributed by atoms with van der Waals surface area (Å²) in [7, 11) is 0. The molecule has 0 atom stereocenters. The van der Waals surface area contributed by atoms with Gasteiger partial charge in [0.05, 0.1) is 13.0 Å². The Morgan fingerprint density at radius 1 is 1.28 bits per heavy atom. The maximum atomic E-state index is 11.7. The Kier molecular flexibility index (Phi) is 8.53. The van der Waals surface area contributed by atoms with E-state index in [1.165, 1.54) is 6.92 Å². The predicted molar refractivity (Wildman–Crippen MR) is 67.9 cm³/mol. The van der Waals surface area contributed by atoms with Crippen molar-refractivity contribution in [3.63, 3.8) is 0 Å². The van der Waals surface area contributed by atoms with Crippen LogP contribution in [-0.4, -0.2) is 42.3 Å². The molecule has 5 heteroatoms. The standard InChI is InChI=1S/C13H21NO4/c1-4-6-7-14(12(16)10-11(3)15)8-9-18-13(17)5-2/h5H,2,4,6-10H2,1,3H3. The van der Waals surface area contributed by atoms with Gasteiger partial charge in [0, 0.05) is 12.6 Å². The summed E-state index contributed by atoms with van der Waals surface area (Å²) in [6, 6.07) is 0. The number of carbonyl (C=O) groups excluding carboxylic acids is 3. The van der Waals surface area contributed by atoms with E-state index in [1.54, 1.807) is 4.90 Å². The van der Waals surface area contributed by atoms with E-state index in [0.29, 0.717) is 13.1 Å². The molecule has 0 aliphatic rings. The molecule has 0 fully saturated rings. The van der Waals surface area contributed by atoms with Crippen molar-refractivity contribution in [2.45, 2.75) is 33.1 Å². The van der Waals surface area contributed by atoms with Crippen LogP contribution in [0.2, 0.25) is 0 Å². The molecule has 0 aromatic rings. The summed E-state index contributed by atoms with van der Waals surface area (Å²) in [4.78, 5) is 35.1. The van der Waals surface area contributed by atoms with Crippen molar-refractivity contribution in [1.29, 1.82) is 0 Å². The van der Waals surface area contributed by atoms with Crippen LogP contribution in [-0.2, 0) is 19.1 Å². The SMILES string of the molecule is C=CC(=O)OCCN(CCCC)C(=O)CC(C)=O. The number of ether oxygens (including phenoxy) is 1. The van der Waals surface area contributed by atoms with Crippen molar-refractivity contribution in [3.05, 3.63) is 12.7 Å². The van der Waals surface area contributed by atoms with Crippen LogP contribution in [0.5, 0.6) is 0 Å². The van der Waals surface area contributed by atoms with Crippen LogP contribution < -0.4 is 0 Å². The Morgan fingerprint density at radius 3 is 2.44 bits per heavy atom. The first kappa shape index (κ1) is 16.4. The molecule has 0 N–H and O–H groups in total. The molecule has 5 nitrogen and oxygen atoms in total. The summed E-state index contributed by atoms with van der Waals surface area (Å²) in [6.07, 6.45) is 2.79. The minimum atomic E-state index is -0.510. The number of hydrogen-bond donors (Lipinski definition) is 0. The van der Waals surface area contributed by atoms with Gasteiger partial charge in [0.15, 0.2) is 0 Å². The second-order valence-electron chi connectivity index (χ2n) is 3.98. The normalized spacial score (nSPS) is 9.67. The minimum absolute atomic E-state index is 0.0981. The fraction of sp³-hybridized carbons (Fsp3) is 0.615. The van der Waals surface area contributed by atoms with Gasteiger partial charge in [-0.25, -0.2) is 4.79 Å². The van der Waals surface area contributed by atoms with Gasteiger partial charge in [0.25, 0.3) is 0 Å². The van der Waals surface area contributed by atoms with Crippen LogP contribution in [0.3, 0.4) is 0 Å². The average Bonchev–Trinajstić information content (AvgIpc) is 2.32. The van der Waals surface area contributed by atoms with Gasteiger partial charge in [0.2, 0.25) is 5.91 Å². The van der Waals surface area contributed by atoms with Crippen molar-refractivity contribution in [2.24, 2.45) is 0 Å². The Labute approximate surface area is 108 Å². The van der Waals surface area contributed by atoms with Gasteiger partial charge in [-0.1, -0.05) is 19.9 Å². The molecular weight excluding hydrogens is 234 g/mol. The number of esters is 1. The van der Waals surface area contributed by atoms with Gasteiger partial charge in [-0.05, 0) is 13.3 Å². The Balaban J connectivity index is 4.21. The Morgan fingerprint density at radius 2 is 1.94 bits per heavy atom. The van der Waals surface area contributed by atoms with E-state index in [-0.39, 0.29) is 24.7 Å². The Bertz CT molecular complexity index is 312. The fourth-order valence-corrected chi connectivity index (χ4v) is 1.35. The first-order valence-corrected chi connectivity index (χ1v) is 6.07. The summed E-state index contributed by atoms with van der Waals surface area (Å²) >= 11 is 0. The lowest BCUT2D eigenvalue weighted by atomic mass is 10.2. The third kappa shape index (κ3) is 7.60. The monoisotopic (exact) mass is 255 g/mol. The minimum Gasteiger partial charge on any atom is -0.461 e. The number of nitrogens with zero attached hydrogens (tertiary/aromatic N) is 1. The molecule has 0 heterocycles. The largest absolute Gasteiger partial charge is 0.461 e. The molecule has 1 amide bonds. The Hall–Kier alpha value is -1.65. The molecule has 0 saturated carbocycles. The third-order valence-corrected chi connectivity index (χ3v) is 2.31. The van der Waals surface area contributed by atoms with Crippen molar-refractivity contribution in [3.8, 4) is 0 Å². The second kappa shape index (κ2) is 9.39. The number of carbonyl (C=O) groups is 3. The van der Waals surface area contributed by atoms with E-state index < -0.39 is 5.97 Å². The van der Waals surface area contributed by atoms with E-state index in [9.17, 15) is 14.4 Å².